The lowest BCUT2D eigenvalue weighted by Gasteiger charge is -2.12. The number of para-hydroxylation sites is 2. The van der Waals surface area contributed by atoms with Gasteiger partial charge in [-0.25, -0.2) is 4.98 Å². The van der Waals surface area contributed by atoms with Crippen LogP contribution in [0.3, 0.4) is 0 Å². The van der Waals surface area contributed by atoms with Gasteiger partial charge in [-0.3, -0.25) is 4.79 Å². The van der Waals surface area contributed by atoms with Gasteiger partial charge in [-0.2, -0.15) is 0 Å². The van der Waals surface area contributed by atoms with E-state index in [9.17, 15) is 4.79 Å². The van der Waals surface area contributed by atoms with Crippen molar-refractivity contribution in [3.63, 3.8) is 0 Å². The molecule has 2 aromatic carbocycles. The standard InChI is InChI=1S/C22H27N3O2/c1-16(2)22(26)23-15-21-24-19-10-4-5-11-20(19)25(21)12-7-13-27-18-9-6-8-17(3)14-18/h4-6,8-11,14,16H,7,12-13,15H2,1-3H3,(H,23,26). The Morgan fingerprint density at radius 3 is 2.78 bits per heavy atom. The van der Waals surface area contributed by atoms with E-state index in [0.717, 1.165) is 35.6 Å². The summed E-state index contributed by atoms with van der Waals surface area (Å²) in [7, 11) is 0. The molecule has 0 spiro atoms. The van der Waals surface area contributed by atoms with Crippen molar-refractivity contribution in [3.05, 3.63) is 59.9 Å². The minimum absolute atomic E-state index is 0.0365. The Morgan fingerprint density at radius 2 is 2.00 bits per heavy atom. The highest BCUT2D eigenvalue weighted by Gasteiger charge is 2.12. The van der Waals surface area contributed by atoms with Crippen molar-refractivity contribution in [2.75, 3.05) is 6.61 Å². The van der Waals surface area contributed by atoms with Crippen LogP contribution in [-0.2, 0) is 17.9 Å². The fourth-order valence-corrected chi connectivity index (χ4v) is 3.00. The predicted molar refractivity (Wildman–Crippen MR) is 108 cm³/mol. The number of aryl methyl sites for hydroxylation is 2. The van der Waals surface area contributed by atoms with Crippen LogP contribution in [0.25, 0.3) is 11.0 Å². The summed E-state index contributed by atoms with van der Waals surface area (Å²) in [6, 6.07) is 16.1. The van der Waals surface area contributed by atoms with E-state index in [0.29, 0.717) is 13.2 Å². The Morgan fingerprint density at radius 1 is 1.19 bits per heavy atom. The molecule has 0 radical (unpaired) electrons. The first-order valence-corrected chi connectivity index (χ1v) is 9.46. The Kier molecular flexibility index (Phi) is 6.12. The van der Waals surface area contributed by atoms with Gasteiger partial charge in [0.2, 0.25) is 5.91 Å². The number of aromatic nitrogens is 2. The van der Waals surface area contributed by atoms with Gasteiger partial charge in [-0.1, -0.05) is 38.1 Å². The molecule has 1 aromatic heterocycles. The van der Waals surface area contributed by atoms with Gasteiger partial charge in [0.1, 0.15) is 11.6 Å². The fraction of sp³-hybridized carbons (Fsp3) is 0.364. The zero-order valence-electron chi connectivity index (χ0n) is 16.2. The molecule has 0 atom stereocenters. The molecule has 0 bridgehead atoms. The summed E-state index contributed by atoms with van der Waals surface area (Å²) in [6.07, 6.45) is 0.861. The Labute approximate surface area is 160 Å². The van der Waals surface area contributed by atoms with E-state index < -0.39 is 0 Å². The van der Waals surface area contributed by atoms with Crippen LogP contribution in [-0.4, -0.2) is 22.1 Å². The quantitative estimate of drug-likeness (QED) is 0.612. The van der Waals surface area contributed by atoms with Crippen LogP contribution >= 0.6 is 0 Å². The number of fused-ring (bicyclic) bond motifs is 1. The first kappa shape index (κ1) is 19.0. The molecule has 1 heterocycles. The average molecular weight is 365 g/mol. The van der Waals surface area contributed by atoms with Gasteiger partial charge in [-0.15, -0.1) is 0 Å². The number of carbonyl (C=O) groups is 1. The molecule has 1 N–H and O–H groups in total. The molecule has 0 unspecified atom stereocenters. The molecule has 0 aliphatic heterocycles. The summed E-state index contributed by atoms with van der Waals surface area (Å²) >= 11 is 0. The second-order valence-electron chi connectivity index (χ2n) is 7.06. The van der Waals surface area contributed by atoms with Gasteiger partial charge in [-0.05, 0) is 43.2 Å². The summed E-state index contributed by atoms with van der Waals surface area (Å²) in [4.78, 5) is 16.6. The maximum absolute atomic E-state index is 11.9. The topological polar surface area (TPSA) is 56.1 Å². The van der Waals surface area contributed by atoms with Crippen molar-refractivity contribution in [1.29, 1.82) is 0 Å². The number of ether oxygens (including phenoxy) is 1. The first-order valence-electron chi connectivity index (χ1n) is 9.46. The van der Waals surface area contributed by atoms with Crippen molar-refractivity contribution in [1.82, 2.24) is 14.9 Å². The van der Waals surface area contributed by atoms with E-state index in [1.54, 1.807) is 0 Å². The van der Waals surface area contributed by atoms with E-state index in [-0.39, 0.29) is 11.8 Å². The lowest BCUT2D eigenvalue weighted by molar-refractivity contribution is -0.124. The number of benzene rings is 2. The number of rotatable bonds is 8. The number of hydrogen-bond donors (Lipinski definition) is 1. The fourth-order valence-electron chi connectivity index (χ4n) is 3.00. The number of nitrogens with zero attached hydrogens (tertiary/aromatic N) is 2. The van der Waals surface area contributed by atoms with E-state index in [1.165, 1.54) is 5.56 Å². The number of hydrogen-bond acceptors (Lipinski definition) is 3. The van der Waals surface area contributed by atoms with Crippen LogP contribution in [0.1, 0.15) is 31.7 Å². The smallest absolute Gasteiger partial charge is 0.222 e. The summed E-state index contributed by atoms with van der Waals surface area (Å²) in [6.45, 7) is 7.70. The molecule has 0 aliphatic carbocycles. The lowest BCUT2D eigenvalue weighted by atomic mass is 10.2. The number of imidazole rings is 1. The molecule has 27 heavy (non-hydrogen) atoms. The van der Waals surface area contributed by atoms with Crippen LogP contribution in [0.15, 0.2) is 48.5 Å². The zero-order valence-corrected chi connectivity index (χ0v) is 16.2. The summed E-state index contributed by atoms with van der Waals surface area (Å²) in [5, 5.41) is 2.97. The normalized spacial score (nSPS) is 11.1. The molecule has 5 heteroatoms. The third-order valence-electron chi connectivity index (χ3n) is 4.46. The summed E-state index contributed by atoms with van der Waals surface area (Å²) in [5.41, 5.74) is 3.23. The van der Waals surface area contributed by atoms with Gasteiger partial charge < -0.3 is 14.6 Å². The second kappa shape index (κ2) is 8.71. The third-order valence-corrected chi connectivity index (χ3v) is 4.46. The molecule has 0 aliphatic rings. The first-order chi connectivity index (χ1) is 13.0. The average Bonchev–Trinajstić information content (AvgIpc) is 3.01. The largest absolute Gasteiger partial charge is 0.494 e. The highest BCUT2D eigenvalue weighted by Crippen LogP contribution is 2.17. The molecule has 0 saturated carbocycles. The lowest BCUT2D eigenvalue weighted by Crippen LogP contribution is -2.28. The van der Waals surface area contributed by atoms with Gasteiger partial charge in [0.15, 0.2) is 0 Å². The van der Waals surface area contributed by atoms with Gasteiger partial charge >= 0.3 is 0 Å². The van der Waals surface area contributed by atoms with Crippen molar-refractivity contribution < 1.29 is 9.53 Å². The third kappa shape index (κ3) is 4.88. The number of carbonyl (C=O) groups excluding carboxylic acids is 1. The van der Waals surface area contributed by atoms with Crippen molar-refractivity contribution >= 4 is 16.9 Å². The summed E-state index contributed by atoms with van der Waals surface area (Å²) in [5.74, 6) is 1.78. The van der Waals surface area contributed by atoms with Crippen molar-refractivity contribution in [2.45, 2.75) is 40.3 Å². The molecule has 0 saturated heterocycles. The monoisotopic (exact) mass is 365 g/mol. The van der Waals surface area contributed by atoms with Crippen molar-refractivity contribution in [2.24, 2.45) is 5.92 Å². The highest BCUT2D eigenvalue weighted by molar-refractivity contribution is 5.78. The summed E-state index contributed by atoms with van der Waals surface area (Å²) < 4.78 is 8.04. The molecule has 142 valence electrons. The van der Waals surface area contributed by atoms with E-state index >= 15 is 0 Å². The van der Waals surface area contributed by atoms with Crippen LogP contribution in [0.2, 0.25) is 0 Å². The minimum Gasteiger partial charge on any atom is -0.494 e. The van der Waals surface area contributed by atoms with E-state index in [2.05, 4.69) is 28.9 Å². The predicted octanol–water partition coefficient (Wildman–Crippen LogP) is 4.09. The molecule has 1 amide bonds. The van der Waals surface area contributed by atoms with E-state index in [4.69, 9.17) is 9.72 Å². The highest BCUT2D eigenvalue weighted by atomic mass is 16.5. The van der Waals surface area contributed by atoms with Crippen molar-refractivity contribution in [3.8, 4) is 5.75 Å². The Bertz CT molecular complexity index is 915. The Hall–Kier alpha value is -2.82. The zero-order chi connectivity index (χ0) is 19.2. The number of amides is 1. The molecule has 3 rings (SSSR count). The van der Waals surface area contributed by atoms with Crippen LogP contribution in [0.5, 0.6) is 5.75 Å². The molecular formula is C22H27N3O2. The second-order valence-corrected chi connectivity index (χ2v) is 7.06. The molecule has 5 nitrogen and oxygen atoms in total. The van der Waals surface area contributed by atoms with Crippen LogP contribution in [0, 0.1) is 12.8 Å². The van der Waals surface area contributed by atoms with E-state index in [1.807, 2.05) is 50.2 Å². The van der Waals surface area contributed by atoms with Gasteiger partial charge in [0, 0.05) is 12.5 Å². The minimum atomic E-state index is -0.0365. The maximum atomic E-state index is 11.9. The van der Waals surface area contributed by atoms with Crippen LogP contribution < -0.4 is 10.1 Å². The molecule has 3 aromatic rings. The SMILES string of the molecule is Cc1cccc(OCCCn2c(CNC(=O)C(C)C)nc3ccccc32)c1. The van der Waals surface area contributed by atoms with Crippen LogP contribution in [0.4, 0.5) is 0 Å². The molecule has 0 fully saturated rings. The molecular weight excluding hydrogens is 338 g/mol. The van der Waals surface area contributed by atoms with Gasteiger partial charge in [0.05, 0.1) is 24.2 Å². The Balaban J connectivity index is 1.66. The number of nitrogens with one attached hydrogen (secondary N) is 1. The van der Waals surface area contributed by atoms with Gasteiger partial charge in [0.25, 0.3) is 0 Å². The maximum Gasteiger partial charge on any atom is 0.222 e.